The van der Waals surface area contributed by atoms with Gasteiger partial charge in [-0.15, -0.1) is 0 Å². The summed E-state index contributed by atoms with van der Waals surface area (Å²) in [6.07, 6.45) is 2.14. The van der Waals surface area contributed by atoms with Crippen molar-refractivity contribution in [3.63, 3.8) is 0 Å². The maximum Gasteiger partial charge on any atom is 0.324 e. The molecule has 2 aromatic rings. The van der Waals surface area contributed by atoms with Gasteiger partial charge in [0.1, 0.15) is 5.82 Å². The molecule has 150 valence electrons. The molecule has 2 heterocycles. The van der Waals surface area contributed by atoms with Crippen LogP contribution in [0.15, 0.2) is 48.5 Å². The zero-order valence-corrected chi connectivity index (χ0v) is 15.9. The number of hydrogen-bond donors (Lipinski definition) is 1. The van der Waals surface area contributed by atoms with Gasteiger partial charge in [0.05, 0.1) is 19.0 Å². The normalized spacial score (nSPS) is 19.4. The maximum absolute atomic E-state index is 13.4. The number of carbonyl (C=O) groups excluding carboxylic acids is 3. The zero-order valence-electron chi connectivity index (χ0n) is 15.9. The lowest BCUT2D eigenvalue weighted by molar-refractivity contribution is -0.130. The van der Waals surface area contributed by atoms with E-state index in [1.54, 1.807) is 36.4 Å². The Bertz CT molecular complexity index is 921. The van der Waals surface area contributed by atoms with Gasteiger partial charge in [-0.1, -0.05) is 24.3 Å². The van der Waals surface area contributed by atoms with Gasteiger partial charge in [-0.2, -0.15) is 0 Å². The molecule has 0 saturated carbocycles. The summed E-state index contributed by atoms with van der Waals surface area (Å²) >= 11 is 0. The molecule has 1 N–H and O–H groups in total. The number of rotatable bonds is 4. The van der Waals surface area contributed by atoms with E-state index in [9.17, 15) is 18.8 Å². The second-order valence-corrected chi connectivity index (χ2v) is 7.44. The van der Waals surface area contributed by atoms with Crippen molar-refractivity contribution in [2.24, 2.45) is 0 Å². The van der Waals surface area contributed by atoms with Crippen LogP contribution < -0.4 is 5.32 Å². The molecule has 0 bridgehead atoms. The molecule has 2 aromatic carbocycles. The van der Waals surface area contributed by atoms with E-state index >= 15 is 0 Å². The van der Waals surface area contributed by atoms with E-state index in [1.807, 2.05) is 4.90 Å². The average molecular weight is 395 g/mol. The monoisotopic (exact) mass is 395 g/mol. The molecule has 4 amide bonds. The van der Waals surface area contributed by atoms with Crippen LogP contribution in [-0.4, -0.2) is 40.7 Å². The molecule has 29 heavy (non-hydrogen) atoms. The van der Waals surface area contributed by atoms with Gasteiger partial charge in [0.2, 0.25) is 5.91 Å². The van der Waals surface area contributed by atoms with Crippen LogP contribution >= 0.6 is 0 Å². The summed E-state index contributed by atoms with van der Waals surface area (Å²) in [6.45, 7) is 1.70. The number of urea groups is 1. The minimum absolute atomic E-state index is 0.0128. The van der Waals surface area contributed by atoms with Crippen molar-refractivity contribution >= 4 is 17.8 Å². The molecule has 0 unspecified atom stereocenters. The summed E-state index contributed by atoms with van der Waals surface area (Å²) in [4.78, 5) is 40.4. The summed E-state index contributed by atoms with van der Waals surface area (Å²) in [5, 5.41) is 2.77. The van der Waals surface area contributed by atoms with Crippen LogP contribution in [0.5, 0.6) is 0 Å². The third-order valence-corrected chi connectivity index (χ3v) is 5.41. The first-order valence-corrected chi connectivity index (χ1v) is 9.76. The molecule has 4 rings (SSSR count). The summed E-state index contributed by atoms with van der Waals surface area (Å²) < 4.78 is 13.4. The number of amides is 4. The van der Waals surface area contributed by atoms with Crippen LogP contribution in [-0.2, 0) is 11.3 Å². The molecule has 0 radical (unpaired) electrons. The summed E-state index contributed by atoms with van der Waals surface area (Å²) in [7, 11) is 0. The Kier molecular flexibility index (Phi) is 5.29. The highest BCUT2D eigenvalue weighted by Crippen LogP contribution is 2.24. The van der Waals surface area contributed by atoms with E-state index in [2.05, 4.69) is 5.32 Å². The van der Waals surface area contributed by atoms with Gasteiger partial charge >= 0.3 is 6.03 Å². The summed E-state index contributed by atoms with van der Waals surface area (Å²) in [5.74, 6) is -0.714. The predicted molar refractivity (Wildman–Crippen MR) is 104 cm³/mol. The minimum Gasteiger partial charge on any atom is -0.339 e. The Morgan fingerprint density at radius 3 is 2.45 bits per heavy atom. The molecule has 2 aliphatic rings. The highest BCUT2D eigenvalue weighted by atomic mass is 19.1. The van der Waals surface area contributed by atoms with E-state index in [0.29, 0.717) is 11.1 Å². The number of likely N-dealkylation sites (tertiary alicyclic amines) is 1. The van der Waals surface area contributed by atoms with Crippen molar-refractivity contribution in [3.05, 3.63) is 71.0 Å². The van der Waals surface area contributed by atoms with Crippen LogP contribution in [0, 0.1) is 5.82 Å². The van der Waals surface area contributed by atoms with Gasteiger partial charge in [0.15, 0.2) is 0 Å². The van der Waals surface area contributed by atoms with Crippen molar-refractivity contribution in [2.45, 2.75) is 31.8 Å². The van der Waals surface area contributed by atoms with Gasteiger partial charge in [-0.25, -0.2) is 9.18 Å². The van der Waals surface area contributed by atoms with Crippen LogP contribution in [0.1, 0.15) is 46.8 Å². The first kappa shape index (κ1) is 19.1. The molecule has 6 nitrogen and oxygen atoms in total. The second-order valence-electron chi connectivity index (χ2n) is 7.44. The van der Waals surface area contributed by atoms with E-state index in [-0.39, 0.29) is 24.8 Å². The Morgan fingerprint density at radius 1 is 1.07 bits per heavy atom. The van der Waals surface area contributed by atoms with E-state index in [4.69, 9.17) is 0 Å². The smallest absolute Gasteiger partial charge is 0.324 e. The Balaban J connectivity index is 1.41. The number of halogens is 1. The largest absolute Gasteiger partial charge is 0.339 e. The van der Waals surface area contributed by atoms with Gasteiger partial charge in [0, 0.05) is 18.7 Å². The van der Waals surface area contributed by atoms with Crippen molar-refractivity contribution in [2.75, 3.05) is 13.1 Å². The van der Waals surface area contributed by atoms with Crippen LogP contribution in [0.4, 0.5) is 9.18 Å². The fraction of sp³-hybridized carbons (Fsp3) is 0.318. The maximum atomic E-state index is 13.4. The molecule has 2 fully saturated rings. The molecular formula is C22H22FN3O3. The topological polar surface area (TPSA) is 69.7 Å². The van der Waals surface area contributed by atoms with E-state index in [1.165, 1.54) is 12.1 Å². The van der Waals surface area contributed by atoms with Crippen LogP contribution in [0.2, 0.25) is 0 Å². The summed E-state index contributed by atoms with van der Waals surface area (Å²) in [6, 6.07) is 11.8. The zero-order chi connectivity index (χ0) is 20.4. The van der Waals surface area contributed by atoms with Gasteiger partial charge in [0.25, 0.3) is 5.91 Å². The fourth-order valence-corrected chi connectivity index (χ4v) is 3.80. The predicted octanol–water partition coefficient (Wildman–Crippen LogP) is 3.24. The van der Waals surface area contributed by atoms with Crippen molar-refractivity contribution in [1.82, 2.24) is 15.1 Å². The lowest BCUT2D eigenvalue weighted by Gasteiger charge is -2.31. The third kappa shape index (κ3) is 4.13. The Hall–Kier alpha value is -3.22. The molecule has 2 saturated heterocycles. The highest BCUT2D eigenvalue weighted by molar-refractivity contribution is 5.97. The van der Waals surface area contributed by atoms with Crippen LogP contribution in [0.25, 0.3) is 0 Å². The van der Waals surface area contributed by atoms with Crippen molar-refractivity contribution < 1.29 is 18.8 Å². The summed E-state index contributed by atoms with van der Waals surface area (Å²) in [5.41, 5.74) is 1.93. The fourth-order valence-electron chi connectivity index (χ4n) is 3.80. The first-order chi connectivity index (χ1) is 14.0. The lowest BCUT2D eigenvalue weighted by Crippen LogP contribution is -2.50. The van der Waals surface area contributed by atoms with Crippen molar-refractivity contribution in [1.29, 1.82) is 0 Å². The number of benzene rings is 2. The number of carbonyl (C=O) groups is 3. The van der Waals surface area contributed by atoms with Crippen LogP contribution in [0.3, 0.4) is 0 Å². The number of hydrogen-bond acceptors (Lipinski definition) is 3. The molecule has 2 aliphatic heterocycles. The quantitative estimate of drug-likeness (QED) is 0.864. The Labute approximate surface area is 168 Å². The molecule has 1 atom stereocenters. The minimum atomic E-state index is -0.539. The van der Waals surface area contributed by atoms with Gasteiger partial charge < -0.3 is 10.2 Å². The average Bonchev–Trinajstić information content (AvgIpc) is 3.25. The first-order valence-electron chi connectivity index (χ1n) is 9.76. The Morgan fingerprint density at radius 2 is 1.79 bits per heavy atom. The van der Waals surface area contributed by atoms with Gasteiger partial charge in [-0.05, 0) is 48.2 Å². The van der Waals surface area contributed by atoms with Gasteiger partial charge in [-0.3, -0.25) is 14.5 Å². The van der Waals surface area contributed by atoms with E-state index in [0.717, 1.165) is 36.4 Å². The third-order valence-electron chi connectivity index (χ3n) is 5.41. The van der Waals surface area contributed by atoms with Crippen molar-refractivity contribution in [3.8, 4) is 0 Å². The molecule has 7 heteroatoms. The molecule has 0 aliphatic carbocycles. The number of nitrogens with one attached hydrogen (secondary N) is 1. The second kappa shape index (κ2) is 8.03. The number of nitrogens with zero attached hydrogens (tertiary/aromatic N) is 2. The molecule has 0 aromatic heterocycles. The van der Waals surface area contributed by atoms with E-state index < -0.39 is 17.9 Å². The number of imide groups is 1. The standard InChI is InChI=1S/C22H22FN3O3/c23-18-5-3-4-17(12-18)19-13-20(27)26(22(29)24-19)14-15-6-8-16(9-7-15)21(28)25-10-1-2-11-25/h3-9,12,19H,1-2,10-11,13-14H2,(H,24,29)/t19-/m0/s1. The highest BCUT2D eigenvalue weighted by Gasteiger charge is 2.33. The molecule has 0 spiro atoms. The lowest BCUT2D eigenvalue weighted by atomic mass is 10.0. The molecular weight excluding hydrogens is 373 g/mol. The SMILES string of the molecule is O=C(c1ccc(CN2C(=O)C[C@@H](c3cccc(F)c3)NC2=O)cc1)N1CCCC1.